The Labute approximate surface area is 156 Å². The summed E-state index contributed by atoms with van der Waals surface area (Å²) in [5, 5.41) is 7.52. The molecule has 0 unspecified atom stereocenters. The van der Waals surface area contributed by atoms with E-state index in [2.05, 4.69) is 15.6 Å². The molecule has 132 valence electrons. The lowest BCUT2D eigenvalue weighted by atomic mass is 9.96. The van der Waals surface area contributed by atoms with Crippen molar-refractivity contribution in [3.8, 4) is 0 Å². The van der Waals surface area contributed by atoms with Gasteiger partial charge in [0.15, 0.2) is 5.11 Å². The van der Waals surface area contributed by atoms with Gasteiger partial charge in [-0.2, -0.15) is 0 Å². The van der Waals surface area contributed by atoms with Gasteiger partial charge < -0.3 is 15.4 Å². The smallest absolute Gasteiger partial charge is 0.341 e. The Balaban J connectivity index is 1.85. The number of esters is 1. The lowest BCUT2D eigenvalue weighted by Crippen LogP contribution is -2.20. The van der Waals surface area contributed by atoms with Crippen LogP contribution in [-0.4, -0.2) is 23.2 Å². The number of fused-ring (bicyclic) bond motifs is 1. The Morgan fingerprint density at radius 1 is 1.16 bits per heavy atom. The van der Waals surface area contributed by atoms with Gasteiger partial charge in [-0.05, 0) is 55.6 Å². The Bertz CT molecular complexity index is 759. The van der Waals surface area contributed by atoms with Crippen molar-refractivity contribution < 1.29 is 9.53 Å². The number of aryl methyl sites for hydroxylation is 1. The van der Waals surface area contributed by atoms with Crippen LogP contribution in [0.1, 0.15) is 46.5 Å². The lowest BCUT2D eigenvalue weighted by Gasteiger charge is -2.12. The highest BCUT2D eigenvalue weighted by Gasteiger charge is 2.25. The molecule has 2 aromatic rings. The number of carbonyl (C=O) groups is 1. The maximum absolute atomic E-state index is 12.4. The number of thiocarbonyl (C=S) groups is 1. The van der Waals surface area contributed by atoms with Gasteiger partial charge in [0.05, 0.1) is 12.7 Å². The number of anilines is 2. The number of ether oxygens (including phenoxy) is 1. The topological polar surface area (TPSA) is 63.2 Å². The van der Waals surface area contributed by atoms with Crippen molar-refractivity contribution >= 4 is 45.3 Å². The van der Waals surface area contributed by atoms with E-state index in [4.69, 9.17) is 17.0 Å². The van der Waals surface area contributed by atoms with Gasteiger partial charge in [-0.15, -0.1) is 11.3 Å². The molecule has 0 amide bonds. The summed E-state index contributed by atoms with van der Waals surface area (Å²) in [4.78, 5) is 17.6. The van der Waals surface area contributed by atoms with Crippen LogP contribution in [0.3, 0.4) is 0 Å². The predicted octanol–water partition coefficient (Wildman–Crippen LogP) is 4.40. The second-order valence-corrected chi connectivity index (χ2v) is 7.44. The van der Waals surface area contributed by atoms with Crippen LogP contribution in [0.4, 0.5) is 10.7 Å². The minimum atomic E-state index is -0.299. The van der Waals surface area contributed by atoms with Crippen molar-refractivity contribution in [3.63, 3.8) is 0 Å². The molecule has 0 radical (unpaired) electrons. The minimum Gasteiger partial charge on any atom is -0.465 e. The van der Waals surface area contributed by atoms with Crippen LogP contribution < -0.4 is 10.6 Å². The molecule has 0 fully saturated rings. The maximum atomic E-state index is 12.4. The number of hydrogen-bond acceptors (Lipinski definition) is 5. The molecule has 0 atom stereocenters. The third-order valence-electron chi connectivity index (χ3n) is 4.23. The van der Waals surface area contributed by atoms with E-state index in [1.54, 1.807) is 23.7 Å². The average molecular weight is 376 g/mol. The summed E-state index contributed by atoms with van der Waals surface area (Å²) in [5.41, 5.74) is 2.62. The molecule has 2 N–H and O–H groups in total. The number of rotatable bonds is 3. The molecule has 2 heterocycles. The van der Waals surface area contributed by atoms with E-state index in [1.807, 2.05) is 12.1 Å². The molecule has 0 aromatic carbocycles. The number of aromatic nitrogens is 1. The highest BCUT2D eigenvalue weighted by Crippen LogP contribution is 2.37. The average Bonchev–Trinajstić information content (AvgIpc) is 2.91. The summed E-state index contributed by atoms with van der Waals surface area (Å²) in [6.07, 6.45) is 10.0. The molecular weight excluding hydrogens is 354 g/mol. The molecule has 0 spiro atoms. The van der Waals surface area contributed by atoms with Crippen molar-refractivity contribution in [3.05, 3.63) is 40.5 Å². The fraction of sp³-hybridized carbons (Fsp3) is 0.389. The van der Waals surface area contributed by atoms with Crippen LogP contribution in [0.5, 0.6) is 0 Å². The molecule has 25 heavy (non-hydrogen) atoms. The van der Waals surface area contributed by atoms with Gasteiger partial charge in [0.2, 0.25) is 0 Å². The van der Waals surface area contributed by atoms with E-state index in [0.29, 0.717) is 10.7 Å². The third-order valence-corrected chi connectivity index (χ3v) is 5.64. The van der Waals surface area contributed by atoms with Crippen LogP contribution in [0, 0.1) is 0 Å². The number of nitrogens with one attached hydrogen (secondary N) is 2. The quantitative estimate of drug-likeness (QED) is 0.612. The first-order chi connectivity index (χ1) is 12.2. The lowest BCUT2D eigenvalue weighted by molar-refractivity contribution is 0.0601. The first kappa shape index (κ1) is 17.8. The van der Waals surface area contributed by atoms with Crippen molar-refractivity contribution in [1.82, 2.24) is 4.98 Å². The standard InChI is InChI=1S/C18H21N3O2S2/c1-23-17(22)15-13-6-4-2-3-5-7-14(13)25-16(15)21-18(24)20-12-8-10-19-11-9-12/h8-11H,2-7H2,1H3,(H2,19,20,21,24). The number of nitrogens with zero attached hydrogens (tertiary/aromatic N) is 1. The van der Waals surface area contributed by atoms with Crippen LogP contribution >= 0.6 is 23.6 Å². The Hall–Kier alpha value is -1.99. The van der Waals surface area contributed by atoms with Gasteiger partial charge in [-0.1, -0.05) is 12.8 Å². The Morgan fingerprint density at radius 2 is 1.88 bits per heavy atom. The molecule has 0 bridgehead atoms. The molecule has 0 saturated carbocycles. The van der Waals surface area contributed by atoms with Gasteiger partial charge in [0.1, 0.15) is 5.00 Å². The van der Waals surface area contributed by atoms with E-state index in [9.17, 15) is 4.79 Å². The van der Waals surface area contributed by atoms with E-state index in [0.717, 1.165) is 41.9 Å². The van der Waals surface area contributed by atoms with Crippen LogP contribution in [0.15, 0.2) is 24.5 Å². The first-order valence-electron chi connectivity index (χ1n) is 8.40. The molecule has 3 rings (SSSR count). The van der Waals surface area contributed by atoms with E-state index < -0.39 is 0 Å². The minimum absolute atomic E-state index is 0.299. The van der Waals surface area contributed by atoms with Crippen LogP contribution in [0.2, 0.25) is 0 Å². The van der Waals surface area contributed by atoms with E-state index in [-0.39, 0.29) is 5.97 Å². The largest absolute Gasteiger partial charge is 0.465 e. The van der Waals surface area contributed by atoms with Crippen molar-refractivity contribution in [1.29, 1.82) is 0 Å². The number of pyridine rings is 1. The SMILES string of the molecule is COC(=O)c1c(NC(=S)Nc2ccncc2)sc2c1CCCCCC2. The molecule has 2 aromatic heterocycles. The first-order valence-corrected chi connectivity index (χ1v) is 9.62. The molecule has 5 nitrogen and oxygen atoms in total. The predicted molar refractivity (Wildman–Crippen MR) is 106 cm³/mol. The molecule has 7 heteroatoms. The van der Waals surface area contributed by atoms with Crippen molar-refractivity contribution in [2.45, 2.75) is 38.5 Å². The van der Waals surface area contributed by atoms with Crippen molar-refractivity contribution in [2.75, 3.05) is 17.7 Å². The second kappa shape index (κ2) is 8.40. The summed E-state index contributed by atoms with van der Waals surface area (Å²) in [6.45, 7) is 0. The van der Waals surface area contributed by atoms with E-state index in [1.165, 1.54) is 24.8 Å². The van der Waals surface area contributed by atoms with Gasteiger partial charge in [0.25, 0.3) is 0 Å². The highest BCUT2D eigenvalue weighted by atomic mass is 32.1. The number of carbonyl (C=O) groups excluding carboxylic acids is 1. The van der Waals surface area contributed by atoms with Gasteiger partial charge >= 0.3 is 5.97 Å². The fourth-order valence-electron chi connectivity index (χ4n) is 3.03. The zero-order valence-corrected chi connectivity index (χ0v) is 15.8. The Kier molecular flexibility index (Phi) is 5.99. The summed E-state index contributed by atoms with van der Waals surface area (Å²) >= 11 is 7.02. The van der Waals surface area contributed by atoms with E-state index >= 15 is 0 Å². The molecule has 0 aliphatic heterocycles. The third kappa shape index (κ3) is 4.35. The molecular formula is C18H21N3O2S2. The van der Waals surface area contributed by atoms with Gasteiger partial charge in [-0.25, -0.2) is 4.79 Å². The maximum Gasteiger partial charge on any atom is 0.341 e. The van der Waals surface area contributed by atoms with Crippen LogP contribution in [0.25, 0.3) is 0 Å². The summed E-state index contributed by atoms with van der Waals surface area (Å²) in [7, 11) is 1.42. The second-order valence-electron chi connectivity index (χ2n) is 5.93. The highest BCUT2D eigenvalue weighted by molar-refractivity contribution is 7.80. The normalized spacial score (nSPS) is 14.0. The number of thiophene rings is 1. The summed E-state index contributed by atoms with van der Waals surface area (Å²) in [5.74, 6) is -0.299. The molecule has 1 aliphatic rings. The molecule has 1 aliphatic carbocycles. The van der Waals surface area contributed by atoms with Crippen molar-refractivity contribution in [2.24, 2.45) is 0 Å². The van der Waals surface area contributed by atoms with Crippen LogP contribution in [-0.2, 0) is 17.6 Å². The van der Waals surface area contributed by atoms with Gasteiger partial charge in [-0.3, -0.25) is 4.98 Å². The van der Waals surface area contributed by atoms with Gasteiger partial charge in [0, 0.05) is 23.0 Å². The molecule has 0 saturated heterocycles. The Morgan fingerprint density at radius 3 is 2.60 bits per heavy atom. The zero-order valence-electron chi connectivity index (χ0n) is 14.1. The summed E-state index contributed by atoms with van der Waals surface area (Å²) in [6, 6.07) is 3.67. The summed E-state index contributed by atoms with van der Waals surface area (Å²) < 4.78 is 5.03. The number of hydrogen-bond donors (Lipinski definition) is 2. The monoisotopic (exact) mass is 375 g/mol. The fourth-order valence-corrected chi connectivity index (χ4v) is 4.59. The number of methoxy groups -OCH3 is 1. The zero-order chi connectivity index (χ0) is 17.6.